The van der Waals surface area contributed by atoms with E-state index in [-0.39, 0.29) is 0 Å². The number of nitrogens with two attached hydrogens (primary N) is 1. The second-order valence-corrected chi connectivity index (χ2v) is 4.46. The van der Waals surface area contributed by atoms with E-state index in [0.717, 1.165) is 39.3 Å². The fraction of sp³-hybridized carbons (Fsp3) is 0.917. The lowest BCUT2D eigenvalue weighted by Crippen LogP contribution is -2.45. The standard InChI is InChI=1S/C12H26N2O3/c1-4-14(9-10-17-5-2)8-6-7-12(3,13)11(15)16/h4-10,13H2,1-3H3,(H,15,16). The molecule has 0 rings (SSSR count). The van der Waals surface area contributed by atoms with Crippen LogP contribution in [0.25, 0.3) is 0 Å². The second kappa shape index (κ2) is 8.44. The maximum Gasteiger partial charge on any atom is 0.323 e. The minimum Gasteiger partial charge on any atom is -0.480 e. The summed E-state index contributed by atoms with van der Waals surface area (Å²) < 4.78 is 5.29. The highest BCUT2D eigenvalue weighted by molar-refractivity contribution is 5.77. The Morgan fingerprint density at radius 3 is 2.53 bits per heavy atom. The molecule has 5 heteroatoms. The number of aliphatic carboxylic acids is 1. The van der Waals surface area contributed by atoms with Gasteiger partial charge in [-0.1, -0.05) is 6.92 Å². The highest BCUT2D eigenvalue weighted by Crippen LogP contribution is 2.09. The normalized spacial score (nSPS) is 14.9. The van der Waals surface area contributed by atoms with E-state index < -0.39 is 11.5 Å². The van der Waals surface area contributed by atoms with Crippen LogP contribution < -0.4 is 5.73 Å². The van der Waals surface area contributed by atoms with Gasteiger partial charge in [0.1, 0.15) is 5.54 Å². The Morgan fingerprint density at radius 2 is 2.06 bits per heavy atom. The third-order valence-electron chi connectivity index (χ3n) is 2.86. The van der Waals surface area contributed by atoms with Crippen molar-refractivity contribution in [2.24, 2.45) is 5.73 Å². The molecule has 102 valence electrons. The van der Waals surface area contributed by atoms with Crippen molar-refractivity contribution < 1.29 is 14.6 Å². The first-order valence-electron chi connectivity index (χ1n) is 6.26. The van der Waals surface area contributed by atoms with Crippen molar-refractivity contribution in [3.05, 3.63) is 0 Å². The first kappa shape index (κ1) is 16.4. The van der Waals surface area contributed by atoms with Crippen LogP contribution in [0.3, 0.4) is 0 Å². The number of ether oxygens (including phenoxy) is 1. The quantitative estimate of drug-likeness (QED) is 0.561. The molecule has 5 nitrogen and oxygen atoms in total. The summed E-state index contributed by atoms with van der Waals surface area (Å²) in [6.45, 7) is 9.78. The maximum atomic E-state index is 10.8. The molecule has 0 aromatic rings. The van der Waals surface area contributed by atoms with Crippen LogP contribution in [0.1, 0.15) is 33.6 Å². The number of hydrogen-bond acceptors (Lipinski definition) is 4. The van der Waals surface area contributed by atoms with Gasteiger partial charge in [-0.15, -0.1) is 0 Å². The topological polar surface area (TPSA) is 75.8 Å². The lowest BCUT2D eigenvalue weighted by Gasteiger charge is -2.23. The van der Waals surface area contributed by atoms with Crippen molar-refractivity contribution in [2.75, 3.05) is 32.8 Å². The Morgan fingerprint density at radius 1 is 1.41 bits per heavy atom. The third kappa shape index (κ3) is 7.31. The van der Waals surface area contributed by atoms with E-state index in [2.05, 4.69) is 11.8 Å². The average Bonchev–Trinajstić information content (AvgIpc) is 2.26. The lowest BCUT2D eigenvalue weighted by molar-refractivity contribution is -0.142. The summed E-state index contributed by atoms with van der Waals surface area (Å²) in [6, 6.07) is 0. The summed E-state index contributed by atoms with van der Waals surface area (Å²) in [7, 11) is 0. The lowest BCUT2D eigenvalue weighted by atomic mass is 9.97. The van der Waals surface area contributed by atoms with Gasteiger partial charge < -0.3 is 20.5 Å². The predicted molar refractivity (Wildman–Crippen MR) is 68.1 cm³/mol. The Hall–Kier alpha value is -0.650. The van der Waals surface area contributed by atoms with Crippen molar-refractivity contribution in [3.8, 4) is 0 Å². The molecule has 0 saturated carbocycles. The SMILES string of the molecule is CCOCCN(CC)CCCC(C)(N)C(=O)O. The van der Waals surface area contributed by atoms with E-state index in [1.807, 2.05) is 6.92 Å². The zero-order valence-corrected chi connectivity index (χ0v) is 11.2. The Balaban J connectivity index is 3.80. The fourth-order valence-electron chi connectivity index (χ4n) is 1.54. The van der Waals surface area contributed by atoms with Gasteiger partial charge in [-0.05, 0) is 39.8 Å². The first-order chi connectivity index (χ1) is 7.94. The molecule has 0 fully saturated rings. The van der Waals surface area contributed by atoms with Gasteiger partial charge in [-0.3, -0.25) is 4.79 Å². The molecule has 0 bridgehead atoms. The van der Waals surface area contributed by atoms with Crippen molar-refractivity contribution in [3.63, 3.8) is 0 Å². The summed E-state index contributed by atoms with van der Waals surface area (Å²) >= 11 is 0. The van der Waals surface area contributed by atoms with Crippen molar-refractivity contribution in [1.29, 1.82) is 0 Å². The molecule has 0 aliphatic rings. The molecule has 1 unspecified atom stereocenters. The van der Waals surface area contributed by atoms with Crippen LogP contribution in [0.15, 0.2) is 0 Å². The Kier molecular flexibility index (Phi) is 8.12. The first-order valence-corrected chi connectivity index (χ1v) is 6.26. The monoisotopic (exact) mass is 246 g/mol. The zero-order valence-electron chi connectivity index (χ0n) is 11.2. The van der Waals surface area contributed by atoms with E-state index in [9.17, 15) is 4.79 Å². The number of rotatable bonds is 10. The molecule has 0 aromatic heterocycles. The minimum atomic E-state index is -1.11. The summed E-state index contributed by atoms with van der Waals surface area (Å²) in [4.78, 5) is 13.1. The van der Waals surface area contributed by atoms with E-state index in [1.54, 1.807) is 6.92 Å². The van der Waals surface area contributed by atoms with Crippen LogP contribution in [0, 0.1) is 0 Å². The summed E-state index contributed by atoms with van der Waals surface area (Å²) in [6.07, 6.45) is 1.28. The highest BCUT2D eigenvalue weighted by atomic mass is 16.5. The molecule has 0 saturated heterocycles. The van der Waals surface area contributed by atoms with Gasteiger partial charge in [-0.25, -0.2) is 0 Å². The summed E-state index contributed by atoms with van der Waals surface area (Å²) in [5.41, 5.74) is 4.55. The molecule has 0 amide bonds. The minimum absolute atomic E-state index is 0.494. The van der Waals surface area contributed by atoms with Crippen LogP contribution in [0.4, 0.5) is 0 Å². The van der Waals surface area contributed by atoms with Crippen molar-refractivity contribution in [2.45, 2.75) is 39.2 Å². The molecular weight excluding hydrogens is 220 g/mol. The summed E-state index contributed by atoms with van der Waals surface area (Å²) in [5.74, 6) is -0.935. The molecule has 17 heavy (non-hydrogen) atoms. The molecule has 3 N–H and O–H groups in total. The number of carbonyl (C=O) groups is 1. The molecular formula is C12H26N2O3. The Bertz CT molecular complexity index is 220. The predicted octanol–water partition coefficient (Wildman–Crippen LogP) is 0.927. The largest absolute Gasteiger partial charge is 0.480 e. The van der Waals surface area contributed by atoms with Gasteiger partial charge >= 0.3 is 5.97 Å². The van der Waals surface area contributed by atoms with Crippen LogP contribution >= 0.6 is 0 Å². The van der Waals surface area contributed by atoms with Crippen molar-refractivity contribution >= 4 is 5.97 Å². The van der Waals surface area contributed by atoms with Crippen LogP contribution in [0.5, 0.6) is 0 Å². The fourth-order valence-corrected chi connectivity index (χ4v) is 1.54. The second-order valence-electron chi connectivity index (χ2n) is 4.46. The Labute approximate surface area is 104 Å². The van der Waals surface area contributed by atoms with Gasteiger partial charge in [0.05, 0.1) is 6.61 Å². The third-order valence-corrected chi connectivity index (χ3v) is 2.86. The number of carboxylic acids is 1. The molecule has 0 spiro atoms. The van der Waals surface area contributed by atoms with E-state index in [0.29, 0.717) is 6.42 Å². The number of carboxylic acid groups (broad SMARTS) is 1. The average molecular weight is 246 g/mol. The van der Waals surface area contributed by atoms with Crippen LogP contribution in [-0.2, 0) is 9.53 Å². The zero-order chi connectivity index (χ0) is 13.3. The molecule has 1 atom stereocenters. The van der Waals surface area contributed by atoms with Crippen molar-refractivity contribution in [1.82, 2.24) is 4.90 Å². The molecule has 0 aliphatic heterocycles. The molecule has 0 aliphatic carbocycles. The van der Waals surface area contributed by atoms with E-state index >= 15 is 0 Å². The number of nitrogens with zero attached hydrogens (tertiary/aromatic N) is 1. The summed E-state index contributed by atoms with van der Waals surface area (Å²) in [5, 5.41) is 8.88. The van der Waals surface area contributed by atoms with Gasteiger partial charge in [0.25, 0.3) is 0 Å². The van der Waals surface area contributed by atoms with Gasteiger partial charge in [0, 0.05) is 13.2 Å². The number of likely N-dealkylation sites (N-methyl/N-ethyl adjacent to an activating group) is 1. The van der Waals surface area contributed by atoms with Gasteiger partial charge in [0.15, 0.2) is 0 Å². The maximum absolute atomic E-state index is 10.8. The smallest absolute Gasteiger partial charge is 0.323 e. The van der Waals surface area contributed by atoms with Crippen LogP contribution in [-0.4, -0.2) is 54.4 Å². The molecule has 0 radical (unpaired) electrons. The van der Waals surface area contributed by atoms with E-state index in [1.165, 1.54) is 0 Å². The highest BCUT2D eigenvalue weighted by Gasteiger charge is 2.27. The van der Waals surface area contributed by atoms with Crippen LogP contribution in [0.2, 0.25) is 0 Å². The van der Waals surface area contributed by atoms with Gasteiger partial charge in [-0.2, -0.15) is 0 Å². The van der Waals surface area contributed by atoms with E-state index in [4.69, 9.17) is 15.6 Å². The molecule has 0 heterocycles. The number of hydrogen-bond donors (Lipinski definition) is 2. The van der Waals surface area contributed by atoms with Gasteiger partial charge in [0.2, 0.25) is 0 Å². The molecule has 0 aromatic carbocycles.